The second-order valence-corrected chi connectivity index (χ2v) is 5.35. The van der Waals surface area contributed by atoms with Crippen molar-refractivity contribution in [2.45, 2.75) is 31.5 Å². The summed E-state index contributed by atoms with van der Waals surface area (Å²) in [6, 6.07) is 1.87. The van der Waals surface area contributed by atoms with Crippen molar-refractivity contribution >= 4 is 23.3 Å². The quantitative estimate of drug-likeness (QED) is 0.779. The summed E-state index contributed by atoms with van der Waals surface area (Å²) in [5, 5.41) is 16.1. The minimum Gasteiger partial charge on any atom is -0.479 e. The summed E-state index contributed by atoms with van der Waals surface area (Å²) in [5.74, 6) is -1.08. The van der Waals surface area contributed by atoms with Gasteiger partial charge in [0.2, 0.25) is 0 Å². The van der Waals surface area contributed by atoms with Crippen LogP contribution in [0.15, 0.2) is 17.5 Å². The van der Waals surface area contributed by atoms with Crippen molar-refractivity contribution in [2.24, 2.45) is 0 Å². The zero-order valence-corrected chi connectivity index (χ0v) is 11.3. The Morgan fingerprint density at radius 3 is 2.89 bits per heavy atom. The normalized spacial score (nSPS) is 23.8. The fourth-order valence-electron chi connectivity index (χ4n) is 1.97. The fourth-order valence-corrected chi connectivity index (χ4v) is 2.74. The number of urea groups is 1. The molecule has 6 nitrogen and oxygen atoms in total. The van der Waals surface area contributed by atoms with Crippen molar-refractivity contribution in [3.05, 3.63) is 22.4 Å². The smallest absolute Gasteiger partial charge is 0.331 e. The van der Waals surface area contributed by atoms with Gasteiger partial charge in [-0.25, -0.2) is 9.59 Å². The maximum absolute atomic E-state index is 11.8. The summed E-state index contributed by atoms with van der Waals surface area (Å²) in [5.41, 5.74) is 0. The van der Waals surface area contributed by atoms with Gasteiger partial charge in [0.15, 0.2) is 6.04 Å². The van der Waals surface area contributed by atoms with Gasteiger partial charge in [-0.15, -0.1) is 11.3 Å². The van der Waals surface area contributed by atoms with Crippen molar-refractivity contribution in [3.8, 4) is 0 Å². The molecule has 0 radical (unpaired) electrons. The number of carboxylic acid groups (broad SMARTS) is 1. The first-order valence-electron chi connectivity index (χ1n) is 6.03. The summed E-state index contributed by atoms with van der Waals surface area (Å²) in [7, 11) is 0. The number of carbonyl (C=O) groups excluding carboxylic acids is 1. The maximum Gasteiger partial charge on any atom is 0.331 e. The molecular formula is C12H16N2O4S. The van der Waals surface area contributed by atoms with E-state index < -0.39 is 18.0 Å². The lowest BCUT2D eigenvalue weighted by molar-refractivity contribution is -0.139. The van der Waals surface area contributed by atoms with Crippen LogP contribution in [0.3, 0.4) is 0 Å². The van der Waals surface area contributed by atoms with Crippen LogP contribution in [0.5, 0.6) is 0 Å². The molecule has 0 aliphatic carbocycles. The number of rotatable bonds is 4. The first-order chi connectivity index (χ1) is 9.08. The van der Waals surface area contributed by atoms with Gasteiger partial charge in [-0.2, -0.15) is 0 Å². The summed E-state index contributed by atoms with van der Waals surface area (Å²) in [6.07, 6.45) is 0.696. The lowest BCUT2D eigenvalue weighted by Crippen LogP contribution is -2.47. The number of hydrogen-bond donors (Lipinski definition) is 3. The van der Waals surface area contributed by atoms with Crippen LogP contribution in [-0.4, -0.2) is 35.9 Å². The van der Waals surface area contributed by atoms with Crippen LogP contribution in [0.25, 0.3) is 0 Å². The zero-order valence-electron chi connectivity index (χ0n) is 10.5. The van der Waals surface area contributed by atoms with E-state index in [1.54, 1.807) is 17.5 Å². The molecule has 0 spiro atoms. The Hall–Kier alpha value is -1.60. The third kappa shape index (κ3) is 3.45. The Balaban J connectivity index is 1.94. The van der Waals surface area contributed by atoms with Gasteiger partial charge >= 0.3 is 12.0 Å². The van der Waals surface area contributed by atoms with Gasteiger partial charge in [-0.1, -0.05) is 6.07 Å². The Kier molecular flexibility index (Phi) is 4.39. The van der Waals surface area contributed by atoms with E-state index in [1.165, 1.54) is 11.3 Å². The van der Waals surface area contributed by atoms with Gasteiger partial charge in [-0.05, 0) is 24.8 Å². The molecule has 1 aromatic heterocycles. The molecule has 1 fully saturated rings. The van der Waals surface area contributed by atoms with Crippen LogP contribution in [0.2, 0.25) is 0 Å². The van der Waals surface area contributed by atoms with Crippen molar-refractivity contribution < 1.29 is 19.4 Å². The summed E-state index contributed by atoms with van der Waals surface area (Å²) < 4.78 is 5.33. The predicted octanol–water partition coefficient (Wildman–Crippen LogP) is 1.35. The van der Waals surface area contributed by atoms with Gasteiger partial charge in [0.05, 0.1) is 12.1 Å². The fraction of sp³-hybridized carbons (Fsp3) is 0.500. The highest BCUT2D eigenvalue weighted by Crippen LogP contribution is 2.19. The second-order valence-electron chi connectivity index (χ2n) is 4.38. The van der Waals surface area contributed by atoms with E-state index in [9.17, 15) is 9.59 Å². The monoisotopic (exact) mass is 284 g/mol. The van der Waals surface area contributed by atoms with Crippen LogP contribution in [0.1, 0.15) is 24.3 Å². The van der Waals surface area contributed by atoms with Crippen molar-refractivity contribution in [3.63, 3.8) is 0 Å². The molecule has 2 rings (SSSR count). The highest BCUT2D eigenvalue weighted by molar-refractivity contribution is 7.10. The summed E-state index contributed by atoms with van der Waals surface area (Å²) in [6.45, 7) is 2.49. The van der Waals surface area contributed by atoms with Crippen molar-refractivity contribution in [1.82, 2.24) is 10.6 Å². The molecule has 7 heteroatoms. The molecule has 2 heterocycles. The van der Waals surface area contributed by atoms with Crippen molar-refractivity contribution in [2.75, 3.05) is 6.61 Å². The Labute approximate surface area is 114 Å². The number of thiophene rings is 1. The third-order valence-electron chi connectivity index (χ3n) is 3.04. The largest absolute Gasteiger partial charge is 0.479 e. The first kappa shape index (κ1) is 13.8. The SMILES string of the molecule is CC1OCCC1NC(=O)NC(C(=O)O)c1cccs1. The van der Waals surface area contributed by atoms with Crippen LogP contribution in [0.4, 0.5) is 4.79 Å². The molecule has 3 N–H and O–H groups in total. The maximum atomic E-state index is 11.8. The van der Waals surface area contributed by atoms with Crippen LogP contribution >= 0.6 is 11.3 Å². The van der Waals surface area contributed by atoms with E-state index in [-0.39, 0.29) is 12.1 Å². The third-order valence-corrected chi connectivity index (χ3v) is 3.98. The molecule has 104 valence electrons. The highest BCUT2D eigenvalue weighted by atomic mass is 32.1. The number of aliphatic carboxylic acids is 1. The molecule has 3 atom stereocenters. The summed E-state index contributed by atoms with van der Waals surface area (Å²) >= 11 is 1.30. The topological polar surface area (TPSA) is 87.7 Å². The Bertz CT molecular complexity index is 449. The van der Waals surface area contributed by atoms with E-state index in [1.807, 2.05) is 6.92 Å². The first-order valence-corrected chi connectivity index (χ1v) is 6.90. The molecule has 19 heavy (non-hydrogen) atoms. The standard InChI is InChI=1S/C12H16N2O4S/c1-7-8(4-5-18-7)13-12(17)14-10(11(15)16)9-3-2-6-19-9/h2-3,6-8,10H,4-5H2,1H3,(H,15,16)(H2,13,14,17). The molecule has 1 aromatic rings. The molecule has 0 saturated carbocycles. The van der Waals surface area contributed by atoms with E-state index in [0.29, 0.717) is 11.5 Å². The van der Waals surface area contributed by atoms with Gasteiger partial charge < -0.3 is 20.5 Å². The average Bonchev–Trinajstić information content (AvgIpc) is 2.98. The van der Waals surface area contributed by atoms with E-state index in [2.05, 4.69) is 10.6 Å². The molecule has 3 unspecified atom stereocenters. The Morgan fingerprint density at radius 2 is 2.37 bits per heavy atom. The molecule has 1 saturated heterocycles. The number of carbonyl (C=O) groups is 2. The number of carboxylic acids is 1. The number of hydrogen-bond acceptors (Lipinski definition) is 4. The van der Waals surface area contributed by atoms with E-state index in [0.717, 1.165) is 6.42 Å². The lowest BCUT2D eigenvalue weighted by atomic mass is 10.1. The van der Waals surface area contributed by atoms with Gasteiger partial charge in [-0.3, -0.25) is 0 Å². The number of amides is 2. The van der Waals surface area contributed by atoms with Gasteiger partial charge in [0, 0.05) is 11.5 Å². The van der Waals surface area contributed by atoms with Gasteiger partial charge in [0.25, 0.3) is 0 Å². The van der Waals surface area contributed by atoms with Gasteiger partial charge in [0.1, 0.15) is 0 Å². The number of nitrogens with one attached hydrogen (secondary N) is 2. The lowest BCUT2D eigenvalue weighted by Gasteiger charge is -2.19. The zero-order chi connectivity index (χ0) is 13.8. The van der Waals surface area contributed by atoms with E-state index >= 15 is 0 Å². The minimum absolute atomic E-state index is 0.0456. The second kappa shape index (κ2) is 6.03. The highest BCUT2D eigenvalue weighted by Gasteiger charge is 2.28. The van der Waals surface area contributed by atoms with Crippen molar-refractivity contribution in [1.29, 1.82) is 0 Å². The molecule has 1 aliphatic rings. The van der Waals surface area contributed by atoms with Crippen LogP contribution in [0, 0.1) is 0 Å². The number of ether oxygens (including phenoxy) is 1. The van der Waals surface area contributed by atoms with Crippen LogP contribution in [-0.2, 0) is 9.53 Å². The summed E-state index contributed by atoms with van der Waals surface area (Å²) in [4.78, 5) is 23.6. The molecule has 1 aliphatic heterocycles. The average molecular weight is 284 g/mol. The molecule has 0 bridgehead atoms. The molecule has 2 amide bonds. The predicted molar refractivity (Wildman–Crippen MR) is 70.2 cm³/mol. The van der Waals surface area contributed by atoms with E-state index in [4.69, 9.17) is 9.84 Å². The minimum atomic E-state index is -1.08. The molecular weight excluding hydrogens is 268 g/mol. The molecule has 0 aromatic carbocycles. The van der Waals surface area contributed by atoms with Crippen LogP contribution < -0.4 is 10.6 Å². The Morgan fingerprint density at radius 1 is 1.58 bits per heavy atom.